The number of carbonyl (C=O) groups excluding carboxylic acids is 1. The van der Waals surface area contributed by atoms with Crippen LogP contribution >= 0.6 is 0 Å². The van der Waals surface area contributed by atoms with E-state index in [2.05, 4.69) is 19.2 Å². The molecule has 0 heterocycles. The molecule has 0 amide bonds. The number of hydrogen-bond acceptors (Lipinski definition) is 3. The Bertz CT molecular complexity index is 333. The smallest absolute Gasteiger partial charge is 0.122 e. The zero-order valence-corrected chi connectivity index (χ0v) is 10.8. The quantitative estimate of drug-likeness (QED) is 0.738. The van der Waals surface area contributed by atoms with Crippen molar-refractivity contribution in [3.05, 3.63) is 24.3 Å². The number of ether oxygens (including phenoxy) is 1. The van der Waals surface area contributed by atoms with Gasteiger partial charge in [0.25, 0.3) is 0 Å². The first-order chi connectivity index (χ1) is 8.15. The molecule has 0 fully saturated rings. The molecule has 1 atom stereocenters. The first kappa shape index (κ1) is 13.6. The summed E-state index contributed by atoms with van der Waals surface area (Å²) in [6.45, 7) is 4.32. The minimum Gasteiger partial charge on any atom is -0.497 e. The molecule has 0 saturated heterocycles. The highest BCUT2D eigenvalue weighted by Crippen LogP contribution is 2.18. The third kappa shape index (κ3) is 4.89. The Morgan fingerprint density at radius 3 is 2.41 bits per heavy atom. The van der Waals surface area contributed by atoms with Crippen LogP contribution in [0.4, 0.5) is 5.69 Å². The van der Waals surface area contributed by atoms with Gasteiger partial charge in [-0.3, -0.25) is 0 Å². The van der Waals surface area contributed by atoms with Crippen LogP contribution in [0.15, 0.2) is 24.3 Å². The first-order valence-electron chi connectivity index (χ1n) is 6.00. The predicted octanol–water partition coefficient (Wildman–Crippen LogP) is 3.11. The van der Waals surface area contributed by atoms with Crippen LogP contribution in [0, 0.1) is 5.92 Å². The molecule has 3 nitrogen and oxygen atoms in total. The second kappa shape index (κ2) is 6.94. The van der Waals surface area contributed by atoms with Crippen molar-refractivity contribution in [3.8, 4) is 5.75 Å². The third-order valence-corrected chi connectivity index (χ3v) is 2.60. The molecule has 17 heavy (non-hydrogen) atoms. The van der Waals surface area contributed by atoms with E-state index in [4.69, 9.17) is 4.74 Å². The Morgan fingerprint density at radius 1 is 1.29 bits per heavy atom. The first-order valence-corrected chi connectivity index (χ1v) is 6.00. The van der Waals surface area contributed by atoms with Crippen molar-refractivity contribution < 1.29 is 9.53 Å². The van der Waals surface area contributed by atoms with Gasteiger partial charge in [0.05, 0.1) is 7.11 Å². The third-order valence-electron chi connectivity index (χ3n) is 2.60. The summed E-state index contributed by atoms with van der Waals surface area (Å²) in [5.41, 5.74) is 1.03. The van der Waals surface area contributed by atoms with Crippen LogP contribution in [0.5, 0.6) is 5.75 Å². The number of methoxy groups -OCH3 is 1. The van der Waals surface area contributed by atoms with Gasteiger partial charge in [0, 0.05) is 18.2 Å². The van der Waals surface area contributed by atoms with Crippen LogP contribution in [-0.4, -0.2) is 19.4 Å². The van der Waals surface area contributed by atoms with Crippen LogP contribution in [0.2, 0.25) is 0 Å². The highest BCUT2D eigenvalue weighted by Gasteiger charge is 2.10. The molecule has 0 aliphatic carbocycles. The largest absolute Gasteiger partial charge is 0.497 e. The minimum absolute atomic E-state index is 0.209. The molecule has 1 N–H and O–H groups in total. The highest BCUT2D eigenvalue weighted by molar-refractivity contribution is 5.54. The Balaban J connectivity index is 2.61. The van der Waals surface area contributed by atoms with Gasteiger partial charge in [-0.15, -0.1) is 0 Å². The molecule has 0 spiro atoms. The van der Waals surface area contributed by atoms with Crippen molar-refractivity contribution in [2.24, 2.45) is 5.92 Å². The topological polar surface area (TPSA) is 38.3 Å². The molecule has 0 radical (unpaired) electrons. The second-order valence-electron chi connectivity index (χ2n) is 4.60. The lowest BCUT2D eigenvalue weighted by Gasteiger charge is -2.19. The standard InChI is InChI=1S/C14H21NO2/c1-11(2)10-13(8-9-16)15-12-4-6-14(17-3)7-5-12/h4-7,9,11,13,15H,8,10H2,1-3H3/t13-/m0/s1. The second-order valence-corrected chi connectivity index (χ2v) is 4.60. The number of rotatable bonds is 7. The van der Waals surface area contributed by atoms with E-state index in [0.29, 0.717) is 12.3 Å². The molecule has 1 aromatic rings. The zero-order chi connectivity index (χ0) is 12.7. The van der Waals surface area contributed by atoms with Crippen molar-refractivity contribution in [3.63, 3.8) is 0 Å². The van der Waals surface area contributed by atoms with Crippen molar-refractivity contribution >= 4 is 12.0 Å². The monoisotopic (exact) mass is 235 g/mol. The van der Waals surface area contributed by atoms with Gasteiger partial charge in [0.2, 0.25) is 0 Å². The van der Waals surface area contributed by atoms with E-state index >= 15 is 0 Å². The van der Waals surface area contributed by atoms with E-state index < -0.39 is 0 Å². The Kier molecular flexibility index (Phi) is 5.53. The average Bonchev–Trinajstić information content (AvgIpc) is 2.29. The van der Waals surface area contributed by atoms with Crippen LogP contribution < -0.4 is 10.1 Å². The molecule has 0 aliphatic heterocycles. The Labute approximate surface area is 103 Å². The summed E-state index contributed by atoms with van der Waals surface area (Å²) in [6, 6.07) is 7.97. The molecule has 0 aromatic heterocycles. The van der Waals surface area contributed by atoms with E-state index in [1.54, 1.807) is 7.11 Å². The van der Waals surface area contributed by atoms with Gasteiger partial charge in [0.15, 0.2) is 0 Å². The lowest BCUT2D eigenvalue weighted by molar-refractivity contribution is -0.108. The van der Waals surface area contributed by atoms with Crippen molar-refractivity contribution in [1.82, 2.24) is 0 Å². The van der Waals surface area contributed by atoms with Crippen molar-refractivity contribution in [2.75, 3.05) is 12.4 Å². The van der Waals surface area contributed by atoms with Gasteiger partial charge in [-0.2, -0.15) is 0 Å². The molecule has 1 aromatic carbocycles. The lowest BCUT2D eigenvalue weighted by Crippen LogP contribution is -2.22. The average molecular weight is 235 g/mol. The fourth-order valence-corrected chi connectivity index (χ4v) is 1.82. The highest BCUT2D eigenvalue weighted by atomic mass is 16.5. The van der Waals surface area contributed by atoms with Gasteiger partial charge in [-0.05, 0) is 36.6 Å². The van der Waals surface area contributed by atoms with E-state index in [9.17, 15) is 4.79 Å². The SMILES string of the molecule is COc1ccc(N[C@@H](CC=O)CC(C)C)cc1. The maximum Gasteiger partial charge on any atom is 0.122 e. The predicted molar refractivity (Wildman–Crippen MR) is 70.5 cm³/mol. The number of aldehydes is 1. The summed E-state index contributed by atoms with van der Waals surface area (Å²) in [7, 11) is 1.65. The summed E-state index contributed by atoms with van der Waals surface area (Å²) < 4.78 is 5.10. The summed E-state index contributed by atoms with van der Waals surface area (Å²) in [6.07, 6.45) is 2.51. The maximum atomic E-state index is 10.6. The molecular weight excluding hydrogens is 214 g/mol. The van der Waals surface area contributed by atoms with Crippen LogP contribution in [0.1, 0.15) is 26.7 Å². The van der Waals surface area contributed by atoms with Gasteiger partial charge in [0.1, 0.15) is 12.0 Å². The van der Waals surface area contributed by atoms with Crippen LogP contribution in [0.3, 0.4) is 0 Å². The Hall–Kier alpha value is -1.51. The summed E-state index contributed by atoms with van der Waals surface area (Å²) in [5.74, 6) is 1.41. The fourth-order valence-electron chi connectivity index (χ4n) is 1.82. The molecule has 94 valence electrons. The van der Waals surface area contributed by atoms with E-state index in [0.717, 1.165) is 24.1 Å². The fraction of sp³-hybridized carbons (Fsp3) is 0.500. The molecule has 0 saturated carbocycles. The van der Waals surface area contributed by atoms with Crippen LogP contribution in [0.25, 0.3) is 0 Å². The van der Waals surface area contributed by atoms with E-state index in [-0.39, 0.29) is 6.04 Å². The molecular formula is C14H21NO2. The Morgan fingerprint density at radius 2 is 1.94 bits per heavy atom. The molecule has 3 heteroatoms. The summed E-state index contributed by atoms with van der Waals surface area (Å²) in [5, 5.41) is 3.38. The van der Waals surface area contributed by atoms with Crippen molar-refractivity contribution in [1.29, 1.82) is 0 Å². The van der Waals surface area contributed by atoms with Crippen LogP contribution in [-0.2, 0) is 4.79 Å². The number of nitrogens with one attached hydrogen (secondary N) is 1. The van der Waals surface area contributed by atoms with Gasteiger partial charge in [-0.25, -0.2) is 0 Å². The lowest BCUT2D eigenvalue weighted by atomic mass is 10.0. The van der Waals surface area contributed by atoms with Crippen molar-refractivity contribution in [2.45, 2.75) is 32.7 Å². The minimum atomic E-state index is 0.209. The van der Waals surface area contributed by atoms with E-state index in [1.807, 2.05) is 24.3 Å². The number of hydrogen-bond donors (Lipinski definition) is 1. The van der Waals surface area contributed by atoms with Gasteiger partial charge in [-0.1, -0.05) is 13.8 Å². The number of benzene rings is 1. The zero-order valence-electron chi connectivity index (χ0n) is 10.8. The van der Waals surface area contributed by atoms with Gasteiger partial charge < -0.3 is 14.8 Å². The molecule has 0 bridgehead atoms. The molecule has 0 aliphatic rings. The maximum absolute atomic E-state index is 10.6. The number of anilines is 1. The summed E-state index contributed by atoms with van der Waals surface area (Å²) in [4.78, 5) is 10.6. The molecule has 1 rings (SSSR count). The number of carbonyl (C=O) groups is 1. The van der Waals surface area contributed by atoms with E-state index in [1.165, 1.54) is 0 Å². The summed E-state index contributed by atoms with van der Waals surface area (Å²) >= 11 is 0. The normalized spacial score (nSPS) is 12.2. The van der Waals surface area contributed by atoms with Gasteiger partial charge >= 0.3 is 0 Å². The molecule has 0 unspecified atom stereocenters.